The molecule has 0 aliphatic carbocycles. The highest BCUT2D eigenvalue weighted by Crippen LogP contribution is 2.29. The molecular formula is C52H82F6N10O21. The molecular weight excluding hydrogens is 1210 g/mol. The molecule has 508 valence electrons. The highest BCUT2D eigenvalue weighted by atomic mass is 19.4. The number of carbonyl (C=O) groups is 4. The molecule has 0 bridgehead atoms. The van der Waals surface area contributed by atoms with E-state index in [0.29, 0.717) is 12.4 Å². The number of nitrogens with zero attached hydrogens (tertiary/aromatic N) is 4. The van der Waals surface area contributed by atoms with Gasteiger partial charge in [0, 0.05) is 33.0 Å². The molecule has 2 aromatic heterocycles. The van der Waals surface area contributed by atoms with Crippen LogP contribution < -0.4 is 31.9 Å². The number of halogens is 6. The molecule has 0 spiro atoms. The van der Waals surface area contributed by atoms with Crippen molar-refractivity contribution in [3.8, 4) is 0 Å². The number of amides is 4. The number of anilines is 2. The first-order chi connectivity index (χ1) is 42.7. The number of aliphatic hydroxyl groups excluding tert-OH is 4. The van der Waals surface area contributed by atoms with Gasteiger partial charge in [-0.3, -0.25) is 29.1 Å². The number of alkyl halides is 6. The summed E-state index contributed by atoms with van der Waals surface area (Å²) in [5.74, 6) is -2.07. The van der Waals surface area contributed by atoms with Gasteiger partial charge in [0.15, 0.2) is 11.4 Å². The Bertz CT molecular complexity index is 2170. The lowest BCUT2D eigenvalue weighted by molar-refractivity contribution is -0.161. The van der Waals surface area contributed by atoms with Gasteiger partial charge in [0.25, 0.3) is 0 Å². The second-order valence-electron chi connectivity index (χ2n) is 19.4. The van der Waals surface area contributed by atoms with E-state index < -0.39 is 96.9 Å². The number of hydrogen-bond donors (Lipinski definition) is 10. The number of ether oxygens (including phenoxy) is 13. The second-order valence-corrected chi connectivity index (χ2v) is 19.4. The van der Waals surface area contributed by atoms with Crippen LogP contribution in [0.2, 0.25) is 0 Å². The molecule has 2 fully saturated rings. The Hall–Kier alpha value is -5.46. The Morgan fingerprint density at radius 2 is 0.865 bits per heavy atom. The highest BCUT2D eigenvalue weighted by Gasteiger charge is 2.41. The topological polar surface area (TPSA) is 393 Å². The zero-order valence-electron chi connectivity index (χ0n) is 49.1. The van der Waals surface area contributed by atoms with Crippen LogP contribution in [0.5, 0.6) is 0 Å². The van der Waals surface area contributed by atoms with Gasteiger partial charge in [-0.2, -0.15) is 26.3 Å². The van der Waals surface area contributed by atoms with Gasteiger partial charge in [-0.25, -0.2) is 9.97 Å². The van der Waals surface area contributed by atoms with Gasteiger partial charge in [-0.15, -0.1) is 0 Å². The molecule has 2 aliphatic heterocycles. The SMILES string of the molecule is CNC(=O)COCC(=O)NC(COCCC(=O)NCCOCCOCCOCCOC[C@H]1OC[C@H](Nc2cncc(C(F)(F)F)n2)[C@@H](O)[C@H]1O)COCCC(=O)NCCOCCOCCOCCOC[C@H]1OC[C@H](Nc2cncc(C(F)(F)F)n2)[C@@H](O)[C@H]1O. The third kappa shape index (κ3) is 32.4. The molecule has 31 nitrogen and oxygen atoms in total. The zero-order valence-corrected chi connectivity index (χ0v) is 49.1. The number of aliphatic hydroxyl groups is 4. The average molecular weight is 1300 g/mol. The van der Waals surface area contributed by atoms with Gasteiger partial charge in [0.05, 0.1) is 188 Å². The molecule has 0 aromatic carbocycles. The van der Waals surface area contributed by atoms with Crippen molar-refractivity contribution in [2.24, 2.45) is 0 Å². The Morgan fingerprint density at radius 1 is 0.494 bits per heavy atom. The van der Waals surface area contributed by atoms with E-state index >= 15 is 0 Å². The lowest BCUT2D eigenvalue weighted by Gasteiger charge is -2.38. The zero-order chi connectivity index (χ0) is 64.7. The maximum Gasteiger partial charge on any atom is 0.434 e. The average Bonchev–Trinajstić information content (AvgIpc) is 3.48. The van der Waals surface area contributed by atoms with Crippen LogP contribution in [0.4, 0.5) is 38.0 Å². The molecule has 0 saturated carbocycles. The van der Waals surface area contributed by atoms with Crippen molar-refractivity contribution in [3.05, 3.63) is 36.2 Å². The molecule has 2 aliphatic rings. The molecule has 10 N–H and O–H groups in total. The van der Waals surface area contributed by atoms with E-state index in [1.165, 1.54) is 7.05 Å². The Morgan fingerprint density at radius 3 is 1.25 bits per heavy atom. The molecule has 2 saturated heterocycles. The smallest absolute Gasteiger partial charge is 0.388 e. The third-order valence-electron chi connectivity index (χ3n) is 12.4. The van der Waals surface area contributed by atoms with Gasteiger partial charge in [-0.05, 0) is 0 Å². The minimum atomic E-state index is -4.70. The van der Waals surface area contributed by atoms with Crippen molar-refractivity contribution in [2.75, 3.05) is 189 Å². The van der Waals surface area contributed by atoms with Crippen molar-refractivity contribution in [1.29, 1.82) is 0 Å². The van der Waals surface area contributed by atoms with Gasteiger partial charge in [0.1, 0.15) is 61.5 Å². The van der Waals surface area contributed by atoms with Gasteiger partial charge >= 0.3 is 12.4 Å². The fourth-order valence-corrected chi connectivity index (χ4v) is 7.75. The van der Waals surface area contributed by atoms with Gasteiger partial charge < -0.3 is 114 Å². The fourth-order valence-electron chi connectivity index (χ4n) is 7.75. The molecule has 2 aromatic rings. The molecule has 8 atom stereocenters. The van der Waals surface area contributed by atoms with E-state index in [-0.39, 0.29) is 201 Å². The van der Waals surface area contributed by atoms with Crippen LogP contribution in [0.25, 0.3) is 0 Å². The van der Waals surface area contributed by atoms with Crippen LogP contribution >= 0.6 is 0 Å². The van der Waals surface area contributed by atoms with Crippen molar-refractivity contribution in [1.82, 2.24) is 41.2 Å². The van der Waals surface area contributed by atoms with Crippen LogP contribution in [0.15, 0.2) is 24.8 Å². The number of hydrogen-bond acceptors (Lipinski definition) is 27. The summed E-state index contributed by atoms with van der Waals surface area (Å²) in [5, 5.41) is 57.6. The largest absolute Gasteiger partial charge is 0.434 e. The first kappa shape index (κ1) is 76.0. The fraction of sp³-hybridized carbons (Fsp3) is 0.769. The molecule has 89 heavy (non-hydrogen) atoms. The summed E-state index contributed by atoms with van der Waals surface area (Å²) in [6.07, 6.45) is -13.5. The minimum absolute atomic E-state index is 0.00159. The lowest BCUT2D eigenvalue weighted by Crippen LogP contribution is -2.57. The van der Waals surface area contributed by atoms with Crippen molar-refractivity contribution >= 4 is 35.3 Å². The van der Waals surface area contributed by atoms with Crippen LogP contribution in [-0.4, -0.2) is 297 Å². The third-order valence-corrected chi connectivity index (χ3v) is 12.4. The van der Waals surface area contributed by atoms with E-state index in [2.05, 4.69) is 51.8 Å². The summed E-state index contributed by atoms with van der Waals surface area (Å²) in [4.78, 5) is 62.6. The predicted molar refractivity (Wildman–Crippen MR) is 293 cm³/mol. The number of aromatic nitrogens is 4. The first-order valence-electron chi connectivity index (χ1n) is 28.4. The van der Waals surface area contributed by atoms with Crippen molar-refractivity contribution in [2.45, 2.75) is 79.9 Å². The normalized spacial score (nSPS) is 20.5. The van der Waals surface area contributed by atoms with E-state index in [0.717, 1.165) is 12.4 Å². The Kier molecular flexibility index (Phi) is 37.0. The quantitative estimate of drug-likeness (QED) is 0.0237. The van der Waals surface area contributed by atoms with Crippen LogP contribution in [0.1, 0.15) is 24.2 Å². The molecule has 4 heterocycles. The van der Waals surface area contributed by atoms with Crippen molar-refractivity contribution < 1.29 is 128 Å². The summed E-state index contributed by atoms with van der Waals surface area (Å²) < 4.78 is 149. The first-order valence-corrected chi connectivity index (χ1v) is 28.4. The number of nitrogens with one attached hydrogen (secondary N) is 6. The molecule has 4 amide bonds. The maximum atomic E-state index is 13.0. The number of rotatable bonds is 47. The van der Waals surface area contributed by atoms with Gasteiger partial charge in [0.2, 0.25) is 23.6 Å². The summed E-state index contributed by atoms with van der Waals surface area (Å²) in [5.41, 5.74) is -2.42. The molecule has 0 radical (unpaired) electrons. The van der Waals surface area contributed by atoms with Crippen LogP contribution in [-0.2, 0) is 93.1 Å². The van der Waals surface area contributed by atoms with Crippen LogP contribution in [0.3, 0.4) is 0 Å². The minimum Gasteiger partial charge on any atom is -0.388 e. The number of carbonyl (C=O) groups excluding carboxylic acids is 4. The Labute approximate surface area is 508 Å². The monoisotopic (exact) mass is 1300 g/mol. The summed E-state index contributed by atoms with van der Waals surface area (Å²) in [7, 11) is 1.42. The molecule has 37 heteroatoms. The van der Waals surface area contributed by atoms with Crippen LogP contribution in [0, 0.1) is 0 Å². The summed E-state index contributed by atoms with van der Waals surface area (Å²) >= 11 is 0. The van der Waals surface area contributed by atoms with Crippen molar-refractivity contribution in [3.63, 3.8) is 0 Å². The second kappa shape index (κ2) is 43.3. The van der Waals surface area contributed by atoms with E-state index in [4.69, 9.17) is 61.6 Å². The lowest BCUT2D eigenvalue weighted by atomic mass is 9.98. The van der Waals surface area contributed by atoms with E-state index in [9.17, 15) is 65.9 Å². The molecule has 0 unspecified atom stereocenters. The summed E-state index contributed by atoms with van der Waals surface area (Å²) in [6, 6.07) is -2.59. The Balaban J connectivity index is 0.923. The van der Waals surface area contributed by atoms with E-state index in [1.807, 2.05) is 0 Å². The maximum absolute atomic E-state index is 13.0. The van der Waals surface area contributed by atoms with E-state index in [1.54, 1.807) is 0 Å². The molecule has 4 rings (SSSR count). The van der Waals surface area contributed by atoms with Gasteiger partial charge in [-0.1, -0.05) is 0 Å². The summed E-state index contributed by atoms with van der Waals surface area (Å²) in [6.45, 7) is 2.29. The highest BCUT2D eigenvalue weighted by molar-refractivity contribution is 5.79. The predicted octanol–water partition coefficient (Wildman–Crippen LogP) is -2.77. The number of likely N-dealkylation sites (N-methyl/N-ethyl adjacent to an activating group) is 1. The standard InChI is InChI=1S/C52H82F6N10O21/c1-59-45(71)32-87-33-46(72)64-34(26-83-6-2-43(69)62-4-8-77-10-12-79-14-16-81-18-20-85-30-37-49(75)47(73)35(28-88-37)65-41-24-60-22-39(67-41)51(53,54)55)27-84-7-3-44(70)63-5-9-78-11-13-80-15-17-82-19-21-86-31-38-50(76)48(74)36(29-89-38)66-42-25-61-23-40(68-42)52(56,57)58/h22-25,34-38,47-50,73-76H,2-21,26-33H2,1H3,(H,59,71)(H,62,69)(H,63,70)(H,64,72)(H,65,67)(H,66,68)/t35-,36-,37+,38+,47+,48+,49-,50-/m0/s1.